The zero-order chi connectivity index (χ0) is 26.5. The van der Waals surface area contributed by atoms with Gasteiger partial charge in [0.2, 0.25) is 0 Å². The second-order valence-corrected chi connectivity index (χ2v) is 9.44. The van der Waals surface area contributed by atoms with Gasteiger partial charge in [0.25, 0.3) is 11.8 Å². The number of amides is 1. The molecule has 2 aromatic heterocycles. The Balaban J connectivity index is 1.69. The van der Waals surface area contributed by atoms with Gasteiger partial charge in [0, 0.05) is 24.8 Å². The van der Waals surface area contributed by atoms with E-state index in [9.17, 15) is 26.7 Å². The van der Waals surface area contributed by atoms with Crippen LogP contribution in [0.1, 0.15) is 41.2 Å². The Kier molecular flexibility index (Phi) is 6.31. The van der Waals surface area contributed by atoms with Crippen LogP contribution >= 0.6 is 0 Å². The number of rotatable bonds is 4. The molecular weight excluding hydrogens is 485 g/mol. The van der Waals surface area contributed by atoms with Crippen molar-refractivity contribution in [1.29, 1.82) is 0 Å². The van der Waals surface area contributed by atoms with Crippen LogP contribution < -0.4 is 16.4 Å². The largest absolute Gasteiger partial charge is 0.416 e. The van der Waals surface area contributed by atoms with Crippen LogP contribution in [-0.4, -0.2) is 57.5 Å². The maximum absolute atomic E-state index is 14.0. The average molecular weight is 511 g/mol. The fourth-order valence-electron chi connectivity index (χ4n) is 4.08. The number of alkyl halides is 5. The van der Waals surface area contributed by atoms with Crippen molar-refractivity contribution in [2.24, 2.45) is 0 Å². The number of fused-ring (bicyclic) bond motifs is 1. The van der Waals surface area contributed by atoms with E-state index in [-0.39, 0.29) is 35.9 Å². The normalized spacial score (nSPS) is 16.7. The first kappa shape index (κ1) is 25.6. The number of benzene rings is 1. The van der Waals surface area contributed by atoms with E-state index in [1.54, 1.807) is 27.0 Å². The van der Waals surface area contributed by atoms with E-state index in [2.05, 4.69) is 20.7 Å². The monoisotopic (exact) mass is 511 g/mol. The summed E-state index contributed by atoms with van der Waals surface area (Å²) >= 11 is 0. The summed E-state index contributed by atoms with van der Waals surface area (Å²) < 4.78 is 69.4. The van der Waals surface area contributed by atoms with Crippen molar-refractivity contribution in [2.45, 2.75) is 38.4 Å². The van der Waals surface area contributed by atoms with Crippen LogP contribution in [0.25, 0.3) is 5.52 Å². The molecule has 13 heteroatoms. The minimum Gasteiger partial charge on any atom is -0.399 e. The number of carbonyl (C=O) groups excluding carboxylic acids is 1. The zero-order valence-electron chi connectivity index (χ0n) is 19.9. The molecule has 4 N–H and O–H groups in total. The first-order valence-electron chi connectivity index (χ1n) is 11.2. The topological polar surface area (TPSA) is 101 Å². The molecule has 194 valence electrons. The number of anilines is 2. The molecule has 0 aliphatic carbocycles. The van der Waals surface area contributed by atoms with Crippen molar-refractivity contribution in [1.82, 2.24) is 24.8 Å². The third-order valence-electron chi connectivity index (χ3n) is 5.88. The van der Waals surface area contributed by atoms with Gasteiger partial charge in [0.1, 0.15) is 5.52 Å². The van der Waals surface area contributed by atoms with E-state index < -0.39 is 42.2 Å². The summed E-state index contributed by atoms with van der Waals surface area (Å²) in [6, 6.07) is 4.73. The molecule has 0 spiro atoms. The van der Waals surface area contributed by atoms with Crippen LogP contribution in [0.5, 0.6) is 0 Å². The number of hydrogen-bond acceptors (Lipinski definition) is 6. The van der Waals surface area contributed by atoms with Crippen LogP contribution in [0.4, 0.5) is 33.5 Å². The number of aromatic nitrogens is 3. The van der Waals surface area contributed by atoms with Gasteiger partial charge in [-0.05, 0) is 44.5 Å². The van der Waals surface area contributed by atoms with E-state index in [0.717, 1.165) is 17.0 Å². The van der Waals surface area contributed by atoms with E-state index in [1.807, 2.05) is 0 Å². The highest BCUT2D eigenvalue weighted by atomic mass is 19.4. The summed E-state index contributed by atoms with van der Waals surface area (Å²) in [5, 5.41) is 10.00. The van der Waals surface area contributed by atoms with Crippen molar-refractivity contribution in [3.63, 3.8) is 0 Å². The van der Waals surface area contributed by atoms with Crippen LogP contribution in [-0.2, 0) is 11.7 Å². The number of nitrogens with zero attached hydrogens (tertiary/aromatic N) is 4. The summed E-state index contributed by atoms with van der Waals surface area (Å²) in [4.78, 5) is 18.5. The summed E-state index contributed by atoms with van der Waals surface area (Å²) in [5.41, 5.74) is 4.84. The lowest BCUT2D eigenvalue weighted by Crippen LogP contribution is -2.41. The highest BCUT2D eigenvalue weighted by Gasteiger charge is 2.37. The molecule has 3 heterocycles. The summed E-state index contributed by atoms with van der Waals surface area (Å²) in [6.45, 7) is 4.07. The summed E-state index contributed by atoms with van der Waals surface area (Å²) in [5.74, 6) is -3.48. The maximum Gasteiger partial charge on any atom is 0.416 e. The van der Waals surface area contributed by atoms with Gasteiger partial charge in [0.05, 0.1) is 36.1 Å². The van der Waals surface area contributed by atoms with Crippen molar-refractivity contribution in [3.8, 4) is 0 Å². The van der Waals surface area contributed by atoms with Gasteiger partial charge in [-0.3, -0.25) is 4.79 Å². The number of carbonyl (C=O) groups is 1. The number of hydrogen-bond donors (Lipinski definition) is 3. The summed E-state index contributed by atoms with van der Waals surface area (Å²) in [7, 11) is 0. The van der Waals surface area contributed by atoms with E-state index in [0.29, 0.717) is 11.2 Å². The minimum atomic E-state index is -4.57. The molecule has 0 atom stereocenters. The highest BCUT2D eigenvalue weighted by Crippen LogP contribution is 2.35. The van der Waals surface area contributed by atoms with Crippen molar-refractivity contribution < 1.29 is 26.7 Å². The Morgan fingerprint density at radius 3 is 2.56 bits per heavy atom. The first-order chi connectivity index (χ1) is 16.6. The van der Waals surface area contributed by atoms with Gasteiger partial charge in [-0.15, -0.1) is 0 Å². The summed E-state index contributed by atoms with van der Waals surface area (Å²) in [6.07, 6.45) is -3.01. The van der Waals surface area contributed by atoms with Gasteiger partial charge in [-0.2, -0.15) is 18.3 Å². The van der Waals surface area contributed by atoms with E-state index >= 15 is 0 Å². The van der Waals surface area contributed by atoms with Crippen molar-refractivity contribution in [3.05, 3.63) is 53.0 Å². The number of nitrogens with two attached hydrogens (primary N) is 1. The van der Waals surface area contributed by atoms with Crippen molar-refractivity contribution >= 4 is 22.9 Å². The van der Waals surface area contributed by atoms with Crippen LogP contribution in [0, 0.1) is 6.92 Å². The molecule has 1 amide bonds. The zero-order valence-corrected chi connectivity index (χ0v) is 19.9. The third kappa shape index (κ3) is 5.35. The average Bonchev–Trinajstić information content (AvgIpc) is 3.09. The van der Waals surface area contributed by atoms with Crippen LogP contribution in [0.15, 0.2) is 30.5 Å². The molecule has 1 aromatic carbocycles. The van der Waals surface area contributed by atoms with E-state index in [1.165, 1.54) is 16.6 Å². The molecule has 1 saturated heterocycles. The predicted molar refractivity (Wildman–Crippen MR) is 124 cm³/mol. The molecule has 3 aromatic rings. The molecule has 0 radical (unpaired) electrons. The Morgan fingerprint density at radius 2 is 1.86 bits per heavy atom. The molecule has 36 heavy (non-hydrogen) atoms. The van der Waals surface area contributed by atoms with Crippen LogP contribution in [0.2, 0.25) is 0 Å². The first-order valence-corrected chi connectivity index (χ1v) is 11.2. The molecule has 8 nitrogen and oxygen atoms in total. The highest BCUT2D eigenvalue weighted by molar-refractivity contribution is 5.94. The molecule has 1 aliphatic rings. The van der Waals surface area contributed by atoms with Gasteiger partial charge in [0.15, 0.2) is 11.5 Å². The lowest BCUT2D eigenvalue weighted by molar-refractivity contribution is -0.137. The lowest BCUT2D eigenvalue weighted by atomic mass is 9.92. The Morgan fingerprint density at radius 1 is 1.17 bits per heavy atom. The van der Waals surface area contributed by atoms with Gasteiger partial charge >= 0.3 is 6.18 Å². The molecule has 4 rings (SSSR count). The fraction of sp³-hybridized carbons (Fsp3) is 0.435. The fourth-order valence-corrected chi connectivity index (χ4v) is 4.08. The standard InChI is InChI=1S/C23H26F5N7O/c1-13-10-35-18(9-17(33-35)20(36)34-5-4-30-11-22(24,25)12-34)19(31-13)32-21(2,3)14-6-15(23(26,27)28)8-16(29)7-14/h6-10,30H,4-5,11-12,29H2,1-3H3,(H,31,32). The smallest absolute Gasteiger partial charge is 0.399 e. The number of nitrogen functional groups attached to an aromatic ring is 1. The quantitative estimate of drug-likeness (QED) is 0.365. The minimum absolute atomic E-state index is 0.0435. The maximum atomic E-state index is 14.0. The third-order valence-corrected chi connectivity index (χ3v) is 5.88. The number of nitrogens with one attached hydrogen (secondary N) is 2. The molecule has 1 aliphatic heterocycles. The number of aryl methyl sites for hydroxylation is 1. The lowest BCUT2D eigenvalue weighted by Gasteiger charge is -2.29. The van der Waals surface area contributed by atoms with Gasteiger partial charge < -0.3 is 21.3 Å². The Bertz CT molecular complexity index is 1300. The van der Waals surface area contributed by atoms with Gasteiger partial charge in [-0.1, -0.05) is 0 Å². The van der Waals surface area contributed by atoms with Gasteiger partial charge in [-0.25, -0.2) is 18.3 Å². The molecular formula is C23H26F5N7O. The SMILES string of the molecule is Cc1cn2nc(C(=O)N3CCNCC(F)(F)C3)cc2c(NC(C)(C)c2cc(N)cc(C(F)(F)F)c2)n1. The molecule has 1 fully saturated rings. The van der Waals surface area contributed by atoms with Crippen LogP contribution in [0.3, 0.4) is 0 Å². The van der Waals surface area contributed by atoms with E-state index in [4.69, 9.17) is 5.73 Å². The Hall–Kier alpha value is -3.48. The Labute approximate surface area is 203 Å². The van der Waals surface area contributed by atoms with Crippen molar-refractivity contribution in [2.75, 3.05) is 37.2 Å². The predicted octanol–water partition coefficient (Wildman–Crippen LogP) is 3.67. The molecule has 0 saturated carbocycles. The number of halogens is 5. The molecule has 0 unspecified atom stereocenters. The second kappa shape index (κ2) is 8.87. The molecule has 0 bridgehead atoms. The second-order valence-electron chi connectivity index (χ2n) is 9.44.